The predicted molar refractivity (Wildman–Crippen MR) is 76.4 cm³/mol. The summed E-state index contributed by atoms with van der Waals surface area (Å²) < 4.78 is 24.6. The van der Waals surface area contributed by atoms with Crippen molar-refractivity contribution in [2.75, 3.05) is 7.11 Å². The Kier molecular flexibility index (Phi) is 4.66. The first-order chi connectivity index (χ1) is 9.10. The Hall–Kier alpha value is -1.26. The minimum atomic E-state index is -0.454. The van der Waals surface area contributed by atoms with Crippen molar-refractivity contribution in [3.63, 3.8) is 0 Å². The number of hydrogen-bond acceptors (Lipinski definition) is 2. The highest BCUT2D eigenvalue weighted by Crippen LogP contribution is 2.30. The van der Waals surface area contributed by atoms with Gasteiger partial charge < -0.3 is 9.47 Å². The van der Waals surface area contributed by atoms with Crippen LogP contribution in [0, 0.1) is 5.82 Å². The van der Waals surface area contributed by atoms with Crippen LogP contribution in [0.1, 0.15) is 5.56 Å². The van der Waals surface area contributed by atoms with Crippen LogP contribution < -0.4 is 9.47 Å². The third-order valence-corrected chi connectivity index (χ3v) is 3.73. The van der Waals surface area contributed by atoms with Gasteiger partial charge in [-0.05, 0) is 39.7 Å². The Bertz CT molecular complexity index is 572. The first-order valence-corrected chi connectivity index (χ1v) is 6.67. The number of benzene rings is 2. The van der Waals surface area contributed by atoms with E-state index in [9.17, 15) is 4.39 Å². The number of halogens is 3. The predicted octanol–water partition coefficient (Wildman–Crippen LogP) is 4.83. The summed E-state index contributed by atoms with van der Waals surface area (Å²) in [7, 11) is 1.60. The minimum Gasteiger partial charge on any atom is -0.497 e. The molecule has 5 heteroatoms. The molecule has 0 unspecified atom stereocenters. The monoisotopic (exact) mass is 344 g/mol. The maximum absolute atomic E-state index is 13.6. The lowest BCUT2D eigenvalue weighted by Crippen LogP contribution is -1.97. The number of rotatable bonds is 4. The molecule has 0 N–H and O–H groups in total. The van der Waals surface area contributed by atoms with Crippen LogP contribution in [0.4, 0.5) is 4.39 Å². The van der Waals surface area contributed by atoms with Gasteiger partial charge >= 0.3 is 0 Å². The second-order valence-electron chi connectivity index (χ2n) is 3.83. The molecule has 0 saturated carbocycles. The summed E-state index contributed by atoms with van der Waals surface area (Å²) in [6, 6.07) is 10.1. The second-order valence-corrected chi connectivity index (χ2v) is 5.10. The van der Waals surface area contributed by atoms with E-state index in [1.165, 1.54) is 12.1 Å². The molecule has 2 rings (SSSR count). The van der Waals surface area contributed by atoms with Gasteiger partial charge in [-0.25, -0.2) is 4.39 Å². The topological polar surface area (TPSA) is 18.5 Å². The molecule has 0 aliphatic heterocycles. The fourth-order valence-corrected chi connectivity index (χ4v) is 1.97. The zero-order valence-electron chi connectivity index (χ0n) is 10.1. The minimum absolute atomic E-state index is 0.129. The highest BCUT2D eigenvalue weighted by molar-refractivity contribution is 9.10. The first-order valence-electron chi connectivity index (χ1n) is 5.50. The van der Waals surface area contributed by atoms with Crippen LogP contribution in [0.5, 0.6) is 11.5 Å². The van der Waals surface area contributed by atoms with Crippen LogP contribution in [0.25, 0.3) is 0 Å². The van der Waals surface area contributed by atoms with Crippen LogP contribution >= 0.6 is 27.5 Å². The Balaban J connectivity index is 2.07. The normalized spacial score (nSPS) is 10.3. The van der Waals surface area contributed by atoms with Gasteiger partial charge in [-0.3, -0.25) is 0 Å². The molecule has 0 heterocycles. The highest BCUT2D eigenvalue weighted by atomic mass is 79.9. The van der Waals surface area contributed by atoms with E-state index in [0.717, 1.165) is 11.3 Å². The fraction of sp³-hybridized carbons (Fsp3) is 0.143. The summed E-state index contributed by atoms with van der Waals surface area (Å²) in [5.41, 5.74) is 0.916. The van der Waals surface area contributed by atoms with Gasteiger partial charge in [-0.1, -0.05) is 23.7 Å². The van der Waals surface area contributed by atoms with Gasteiger partial charge in [0.05, 0.1) is 12.1 Å². The summed E-state index contributed by atoms with van der Waals surface area (Å²) in [5.74, 6) is 0.440. The van der Waals surface area contributed by atoms with Crippen molar-refractivity contribution < 1.29 is 13.9 Å². The average molecular weight is 346 g/mol. The van der Waals surface area contributed by atoms with Crippen LogP contribution in [-0.2, 0) is 6.61 Å². The number of methoxy groups -OCH3 is 1. The Morgan fingerprint density at radius 1 is 1.21 bits per heavy atom. The second kappa shape index (κ2) is 6.26. The van der Waals surface area contributed by atoms with Crippen molar-refractivity contribution in [3.05, 3.63) is 57.3 Å². The van der Waals surface area contributed by atoms with Crippen molar-refractivity contribution in [1.29, 1.82) is 0 Å². The Labute approximate surface area is 124 Å². The van der Waals surface area contributed by atoms with Crippen LogP contribution in [0.3, 0.4) is 0 Å². The Morgan fingerprint density at radius 3 is 2.53 bits per heavy atom. The molecule has 0 bridgehead atoms. The standard InChI is InChI=1S/C14H11BrClFO2/c1-18-10-4-2-9(3-5-10)8-19-14-7-12(16)11(15)6-13(14)17/h2-7H,8H2,1H3. The van der Waals surface area contributed by atoms with Crippen molar-refractivity contribution in [3.8, 4) is 11.5 Å². The summed E-state index contributed by atoms with van der Waals surface area (Å²) in [6.07, 6.45) is 0. The van der Waals surface area contributed by atoms with E-state index in [4.69, 9.17) is 21.1 Å². The molecule has 2 nitrogen and oxygen atoms in total. The summed E-state index contributed by atoms with van der Waals surface area (Å²) in [5, 5.41) is 0.408. The van der Waals surface area contributed by atoms with Gasteiger partial charge in [-0.2, -0.15) is 0 Å². The molecule has 0 amide bonds. The molecular formula is C14H11BrClFO2. The molecule has 0 radical (unpaired) electrons. The molecule has 0 aliphatic carbocycles. The molecular weight excluding hydrogens is 335 g/mol. The van der Waals surface area contributed by atoms with Gasteiger partial charge in [0.25, 0.3) is 0 Å². The molecule has 0 spiro atoms. The van der Waals surface area contributed by atoms with Gasteiger partial charge in [0.1, 0.15) is 12.4 Å². The SMILES string of the molecule is COc1ccc(COc2cc(Cl)c(Br)cc2F)cc1. The third-order valence-electron chi connectivity index (χ3n) is 2.53. The highest BCUT2D eigenvalue weighted by Gasteiger charge is 2.08. The smallest absolute Gasteiger partial charge is 0.166 e. The summed E-state index contributed by atoms with van der Waals surface area (Å²) in [6.45, 7) is 0.263. The Morgan fingerprint density at radius 2 is 1.89 bits per heavy atom. The van der Waals surface area contributed by atoms with Gasteiger partial charge in [-0.15, -0.1) is 0 Å². The molecule has 0 fully saturated rings. The third kappa shape index (κ3) is 3.61. The lowest BCUT2D eigenvalue weighted by molar-refractivity contribution is 0.290. The maximum atomic E-state index is 13.6. The van der Waals surface area contributed by atoms with Crippen LogP contribution in [0.15, 0.2) is 40.9 Å². The van der Waals surface area contributed by atoms with E-state index in [2.05, 4.69) is 15.9 Å². The van der Waals surface area contributed by atoms with Gasteiger partial charge in [0.2, 0.25) is 0 Å². The lowest BCUT2D eigenvalue weighted by atomic mass is 10.2. The van der Waals surface area contributed by atoms with Crippen molar-refractivity contribution >= 4 is 27.5 Å². The van der Waals surface area contributed by atoms with Gasteiger partial charge in [0.15, 0.2) is 11.6 Å². The van der Waals surface area contributed by atoms with Crippen LogP contribution in [-0.4, -0.2) is 7.11 Å². The van der Waals surface area contributed by atoms with Crippen molar-refractivity contribution in [2.45, 2.75) is 6.61 Å². The molecule has 0 aromatic heterocycles. The molecule has 0 saturated heterocycles. The zero-order valence-corrected chi connectivity index (χ0v) is 12.5. The molecule has 0 aliphatic rings. The van der Waals surface area contributed by atoms with Gasteiger partial charge in [0, 0.05) is 10.5 Å². The molecule has 2 aromatic rings. The number of ether oxygens (including phenoxy) is 2. The fourth-order valence-electron chi connectivity index (χ4n) is 1.50. The quantitative estimate of drug-likeness (QED) is 0.739. The zero-order chi connectivity index (χ0) is 13.8. The van der Waals surface area contributed by atoms with E-state index in [1.54, 1.807) is 7.11 Å². The van der Waals surface area contributed by atoms with Crippen molar-refractivity contribution in [1.82, 2.24) is 0 Å². The van der Waals surface area contributed by atoms with Crippen molar-refractivity contribution in [2.24, 2.45) is 0 Å². The van der Waals surface area contributed by atoms with E-state index in [-0.39, 0.29) is 12.4 Å². The molecule has 100 valence electrons. The maximum Gasteiger partial charge on any atom is 0.166 e. The van der Waals surface area contributed by atoms with Crippen LogP contribution in [0.2, 0.25) is 5.02 Å². The summed E-state index contributed by atoms with van der Waals surface area (Å²) >= 11 is 9.05. The average Bonchev–Trinajstić information content (AvgIpc) is 2.42. The molecule has 0 atom stereocenters. The molecule has 19 heavy (non-hydrogen) atoms. The number of hydrogen-bond donors (Lipinski definition) is 0. The van der Waals surface area contributed by atoms with E-state index >= 15 is 0 Å². The lowest BCUT2D eigenvalue weighted by Gasteiger charge is -2.09. The summed E-state index contributed by atoms with van der Waals surface area (Å²) in [4.78, 5) is 0. The first kappa shape index (κ1) is 14.2. The molecule has 2 aromatic carbocycles. The van der Waals surface area contributed by atoms with E-state index in [1.807, 2.05) is 24.3 Å². The van der Waals surface area contributed by atoms with E-state index < -0.39 is 5.82 Å². The van der Waals surface area contributed by atoms with E-state index in [0.29, 0.717) is 9.50 Å². The largest absolute Gasteiger partial charge is 0.497 e.